The number of carbonyl (C=O) groups is 1. The molecule has 0 spiro atoms. The second-order valence-electron chi connectivity index (χ2n) is 4.28. The van der Waals surface area contributed by atoms with Crippen LogP contribution in [-0.2, 0) is 0 Å². The first kappa shape index (κ1) is 13.0. The van der Waals surface area contributed by atoms with Crippen LogP contribution in [0.3, 0.4) is 0 Å². The number of rotatable bonds is 3. The number of aryl methyl sites for hydroxylation is 1. The number of hydrogen-bond acceptors (Lipinski definition) is 3. The predicted molar refractivity (Wildman–Crippen MR) is 76.5 cm³/mol. The molecule has 0 saturated heterocycles. The summed E-state index contributed by atoms with van der Waals surface area (Å²) in [5.41, 5.74) is 8.65. The summed E-state index contributed by atoms with van der Waals surface area (Å²) in [6, 6.07) is 12.5. The van der Waals surface area contributed by atoms with Gasteiger partial charge in [-0.25, -0.2) is 0 Å². The number of ether oxygens (including phenoxy) is 1. The van der Waals surface area contributed by atoms with Crippen LogP contribution in [0.2, 0.25) is 0 Å². The van der Waals surface area contributed by atoms with Crippen LogP contribution >= 0.6 is 0 Å². The van der Waals surface area contributed by atoms with Gasteiger partial charge in [0, 0.05) is 11.3 Å². The van der Waals surface area contributed by atoms with E-state index in [2.05, 4.69) is 5.32 Å². The summed E-state index contributed by atoms with van der Waals surface area (Å²) >= 11 is 0. The zero-order valence-corrected chi connectivity index (χ0v) is 10.9. The van der Waals surface area contributed by atoms with Crippen molar-refractivity contribution in [3.8, 4) is 5.75 Å². The number of anilines is 2. The SMILES string of the molecule is COc1ccc(NC(=O)c2ccc(C)cc2)cc1N. The molecule has 2 aromatic carbocycles. The van der Waals surface area contributed by atoms with Crippen molar-refractivity contribution in [2.24, 2.45) is 0 Å². The maximum atomic E-state index is 12.0. The Morgan fingerprint density at radius 2 is 1.84 bits per heavy atom. The summed E-state index contributed by atoms with van der Waals surface area (Å²) < 4.78 is 5.07. The molecule has 4 nitrogen and oxygen atoms in total. The monoisotopic (exact) mass is 256 g/mol. The number of nitrogens with two attached hydrogens (primary N) is 1. The Bertz CT molecular complexity index is 592. The van der Waals surface area contributed by atoms with E-state index in [0.29, 0.717) is 22.7 Å². The van der Waals surface area contributed by atoms with Crippen molar-refractivity contribution >= 4 is 17.3 Å². The van der Waals surface area contributed by atoms with Crippen LogP contribution in [0.1, 0.15) is 15.9 Å². The van der Waals surface area contributed by atoms with Crippen molar-refractivity contribution in [1.29, 1.82) is 0 Å². The van der Waals surface area contributed by atoms with Gasteiger partial charge in [-0.05, 0) is 37.3 Å². The molecular formula is C15H16N2O2. The molecule has 98 valence electrons. The van der Waals surface area contributed by atoms with Crippen molar-refractivity contribution in [3.63, 3.8) is 0 Å². The molecule has 1 amide bonds. The van der Waals surface area contributed by atoms with Crippen LogP contribution in [0.4, 0.5) is 11.4 Å². The quantitative estimate of drug-likeness (QED) is 0.830. The Hall–Kier alpha value is -2.49. The Labute approximate surface area is 112 Å². The molecule has 0 saturated carbocycles. The number of carbonyl (C=O) groups excluding carboxylic acids is 1. The highest BCUT2D eigenvalue weighted by Crippen LogP contribution is 2.24. The Balaban J connectivity index is 2.14. The lowest BCUT2D eigenvalue weighted by Crippen LogP contribution is -2.12. The highest BCUT2D eigenvalue weighted by atomic mass is 16.5. The lowest BCUT2D eigenvalue weighted by molar-refractivity contribution is 0.102. The summed E-state index contributed by atoms with van der Waals surface area (Å²) in [6.45, 7) is 1.98. The number of benzene rings is 2. The fourth-order valence-electron chi connectivity index (χ4n) is 1.72. The smallest absolute Gasteiger partial charge is 0.255 e. The first-order valence-corrected chi connectivity index (χ1v) is 5.91. The van der Waals surface area contributed by atoms with Crippen LogP contribution in [0.15, 0.2) is 42.5 Å². The van der Waals surface area contributed by atoms with Gasteiger partial charge in [0.1, 0.15) is 5.75 Å². The van der Waals surface area contributed by atoms with Gasteiger partial charge in [0.2, 0.25) is 0 Å². The largest absolute Gasteiger partial charge is 0.495 e. The van der Waals surface area contributed by atoms with Gasteiger partial charge in [-0.3, -0.25) is 4.79 Å². The third-order valence-electron chi connectivity index (χ3n) is 2.80. The van der Waals surface area contributed by atoms with Crippen molar-refractivity contribution in [2.45, 2.75) is 6.92 Å². The molecule has 0 aliphatic heterocycles. The van der Waals surface area contributed by atoms with Crippen LogP contribution in [0, 0.1) is 6.92 Å². The molecule has 0 radical (unpaired) electrons. The van der Waals surface area contributed by atoms with E-state index in [0.717, 1.165) is 5.56 Å². The summed E-state index contributed by atoms with van der Waals surface area (Å²) in [5.74, 6) is 0.429. The summed E-state index contributed by atoms with van der Waals surface area (Å²) in [5, 5.41) is 2.80. The second-order valence-corrected chi connectivity index (χ2v) is 4.28. The van der Waals surface area contributed by atoms with Gasteiger partial charge < -0.3 is 15.8 Å². The lowest BCUT2D eigenvalue weighted by atomic mass is 10.1. The van der Waals surface area contributed by atoms with Crippen LogP contribution in [0.5, 0.6) is 5.75 Å². The third-order valence-corrected chi connectivity index (χ3v) is 2.80. The van der Waals surface area contributed by atoms with E-state index in [1.807, 2.05) is 19.1 Å². The minimum Gasteiger partial charge on any atom is -0.495 e. The number of hydrogen-bond donors (Lipinski definition) is 2. The van der Waals surface area contributed by atoms with Gasteiger partial charge in [0.25, 0.3) is 5.91 Å². The maximum Gasteiger partial charge on any atom is 0.255 e. The van der Waals surface area contributed by atoms with Gasteiger partial charge in [-0.2, -0.15) is 0 Å². The zero-order valence-electron chi connectivity index (χ0n) is 10.9. The number of methoxy groups -OCH3 is 1. The minimum atomic E-state index is -0.162. The molecule has 0 aliphatic carbocycles. The normalized spacial score (nSPS) is 10.0. The first-order valence-electron chi connectivity index (χ1n) is 5.91. The van der Waals surface area contributed by atoms with E-state index in [4.69, 9.17) is 10.5 Å². The van der Waals surface area contributed by atoms with E-state index < -0.39 is 0 Å². The average Bonchev–Trinajstić information content (AvgIpc) is 2.39. The fourth-order valence-corrected chi connectivity index (χ4v) is 1.72. The van der Waals surface area contributed by atoms with E-state index >= 15 is 0 Å². The molecule has 2 rings (SSSR count). The van der Waals surface area contributed by atoms with Crippen LogP contribution in [-0.4, -0.2) is 13.0 Å². The Morgan fingerprint density at radius 1 is 1.16 bits per heavy atom. The van der Waals surface area contributed by atoms with E-state index in [1.165, 1.54) is 0 Å². The molecule has 19 heavy (non-hydrogen) atoms. The number of nitrogen functional groups attached to an aromatic ring is 1. The molecule has 0 bridgehead atoms. The molecule has 0 unspecified atom stereocenters. The van der Waals surface area contributed by atoms with Crippen molar-refractivity contribution < 1.29 is 9.53 Å². The number of amides is 1. The summed E-state index contributed by atoms with van der Waals surface area (Å²) in [7, 11) is 1.55. The van der Waals surface area contributed by atoms with Gasteiger partial charge in [-0.15, -0.1) is 0 Å². The highest BCUT2D eigenvalue weighted by Gasteiger charge is 2.07. The fraction of sp³-hybridized carbons (Fsp3) is 0.133. The van der Waals surface area contributed by atoms with Crippen LogP contribution < -0.4 is 15.8 Å². The molecule has 3 N–H and O–H groups in total. The van der Waals surface area contributed by atoms with Gasteiger partial charge >= 0.3 is 0 Å². The third kappa shape index (κ3) is 3.04. The molecule has 0 fully saturated rings. The molecular weight excluding hydrogens is 240 g/mol. The summed E-state index contributed by atoms with van der Waals surface area (Å²) in [4.78, 5) is 12.0. The lowest BCUT2D eigenvalue weighted by Gasteiger charge is -2.09. The van der Waals surface area contributed by atoms with Crippen molar-refractivity contribution in [1.82, 2.24) is 0 Å². The Kier molecular flexibility index (Phi) is 3.71. The zero-order chi connectivity index (χ0) is 13.8. The van der Waals surface area contributed by atoms with Gasteiger partial charge in [-0.1, -0.05) is 17.7 Å². The molecule has 0 aliphatic rings. The molecule has 0 aromatic heterocycles. The Morgan fingerprint density at radius 3 is 2.42 bits per heavy atom. The van der Waals surface area contributed by atoms with E-state index in [1.54, 1.807) is 37.4 Å². The molecule has 2 aromatic rings. The highest BCUT2D eigenvalue weighted by molar-refractivity contribution is 6.04. The predicted octanol–water partition coefficient (Wildman–Crippen LogP) is 2.84. The van der Waals surface area contributed by atoms with Gasteiger partial charge in [0.15, 0.2) is 0 Å². The van der Waals surface area contributed by atoms with Crippen molar-refractivity contribution in [3.05, 3.63) is 53.6 Å². The standard InChI is InChI=1S/C15H16N2O2/c1-10-3-5-11(6-4-10)15(18)17-12-7-8-14(19-2)13(16)9-12/h3-9H,16H2,1-2H3,(H,17,18). The maximum absolute atomic E-state index is 12.0. The van der Waals surface area contributed by atoms with Crippen molar-refractivity contribution in [2.75, 3.05) is 18.2 Å². The second kappa shape index (κ2) is 5.44. The van der Waals surface area contributed by atoms with E-state index in [-0.39, 0.29) is 5.91 Å². The molecule has 4 heteroatoms. The molecule has 0 atom stereocenters. The minimum absolute atomic E-state index is 0.162. The van der Waals surface area contributed by atoms with E-state index in [9.17, 15) is 4.79 Å². The summed E-state index contributed by atoms with van der Waals surface area (Å²) in [6.07, 6.45) is 0. The van der Waals surface area contributed by atoms with Crippen LogP contribution in [0.25, 0.3) is 0 Å². The number of nitrogens with one attached hydrogen (secondary N) is 1. The average molecular weight is 256 g/mol. The molecule has 0 heterocycles. The van der Waals surface area contributed by atoms with Gasteiger partial charge in [0.05, 0.1) is 12.8 Å². The topological polar surface area (TPSA) is 64.3 Å². The first-order chi connectivity index (χ1) is 9.10.